The fourth-order valence-electron chi connectivity index (χ4n) is 4.71. The van der Waals surface area contributed by atoms with Gasteiger partial charge in [0.25, 0.3) is 0 Å². The molecule has 172 valence electrons. The number of ketones is 1. The minimum atomic E-state index is -0.271. The molecule has 1 aliphatic heterocycles. The highest BCUT2D eigenvalue weighted by atomic mass is 35.5. The molecule has 1 unspecified atom stereocenters. The average Bonchev–Trinajstić information content (AvgIpc) is 2.77. The topological polar surface area (TPSA) is 55.8 Å². The Hall–Kier alpha value is -3.05. The smallest absolute Gasteiger partial charge is 0.232 e. The molecule has 6 heteroatoms. The first-order valence-corrected chi connectivity index (χ1v) is 11.4. The summed E-state index contributed by atoms with van der Waals surface area (Å²) in [7, 11) is 3.07. The fourth-order valence-corrected chi connectivity index (χ4v) is 4.94. The predicted molar refractivity (Wildman–Crippen MR) is 131 cm³/mol. The van der Waals surface area contributed by atoms with E-state index >= 15 is 0 Å². The maximum Gasteiger partial charge on any atom is 0.232 e. The third-order valence-corrected chi connectivity index (χ3v) is 6.49. The van der Waals surface area contributed by atoms with Crippen LogP contribution in [0.2, 0.25) is 5.02 Å². The van der Waals surface area contributed by atoms with Crippen molar-refractivity contribution in [2.45, 2.75) is 33.1 Å². The standard InChI is InChI=1S/C27H28ClNO4/c1-27(2)15-21-26(22(30)16-27)18(11-10-17-8-6-5-7-9-17)12-25(31)29(21)20-13-19(28)23(32-3)14-24(20)33-4/h5-11,13-14,18H,12,15-16H2,1-4H3/b11-10+. The van der Waals surface area contributed by atoms with Gasteiger partial charge in [0.1, 0.15) is 11.5 Å². The molecule has 33 heavy (non-hydrogen) atoms. The Morgan fingerprint density at radius 2 is 1.73 bits per heavy atom. The SMILES string of the molecule is COc1cc(OC)c(N2C(=O)CC(/C=C/c3ccccc3)C3=C2CC(C)(C)CC3=O)cc1Cl. The summed E-state index contributed by atoms with van der Waals surface area (Å²) in [5, 5.41) is 0.371. The summed E-state index contributed by atoms with van der Waals surface area (Å²) < 4.78 is 10.9. The Balaban J connectivity index is 1.85. The van der Waals surface area contributed by atoms with Gasteiger partial charge in [0, 0.05) is 36.1 Å². The number of rotatable bonds is 5. The highest BCUT2D eigenvalue weighted by molar-refractivity contribution is 6.32. The molecule has 2 aromatic carbocycles. The van der Waals surface area contributed by atoms with Gasteiger partial charge >= 0.3 is 0 Å². The van der Waals surface area contributed by atoms with Crippen LogP contribution in [0.5, 0.6) is 11.5 Å². The fraction of sp³-hybridized carbons (Fsp3) is 0.333. The summed E-state index contributed by atoms with van der Waals surface area (Å²) >= 11 is 6.42. The van der Waals surface area contributed by atoms with Crippen molar-refractivity contribution in [1.29, 1.82) is 0 Å². The molecular weight excluding hydrogens is 438 g/mol. The molecule has 1 heterocycles. The third-order valence-electron chi connectivity index (χ3n) is 6.20. The quantitative estimate of drug-likeness (QED) is 0.538. The number of anilines is 1. The Morgan fingerprint density at radius 1 is 1.03 bits per heavy atom. The number of benzene rings is 2. The van der Waals surface area contributed by atoms with Crippen LogP contribution in [-0.2, 0) is 9.59 Å². The summed E-state index contributed by atoms with van der Waals surface area (Å²) in [5.41, 5.74) is 2.73. The van der Waals surface area contributed by atoms with Crippen molar-refractivity contribution >= 4 is 35.1 Å². The molecule has 5 nitrogen and oxygen atoms in total. The van der Waals surface area contributed by atoms with E-state index in [4.69, 9.17) is 21.1 Å². The Kier molecular flexibility index (Phi) is 6.35. The maximum absolute atomic E-state index is 13.5. The summed E-state index contributed by atoms with van der Waals surface area (Å²) in [6, 6.07) is 13.2. The summed E-state index contributed by atoms with van der Waals surface area (Å²) in [6.07, 6.45) is 5.21. The number of halogens is 1. The number of carbonyl (C=O) groups excluding carboxylic acids is 2. The first-order chi connectivity index (χ1) is 15.7. The summed E-state index contributed by atoms with van der Waals surface area (Å²) in [4.78, 5) is 28.5. The largest absolute Gasteiger partial charge is 0.495 e. The Labute approximate surface area is 199 Å². The highest BCUT2D eigenvalue weighted by Crippen LogP contribution is 2.48. The van der Waals surface area contributed by atoms with Crippen LogP contribution in [0.15, 0.2) is 59.8 Å². The first-order valence-electron chi connectivity index (χ1n) is 11.0. The van der Waals surface area contributed by atoms with Crippen molar-refractivity contribution in [1.82, 2.24) is 0 Å². The molecule has 0 saturated carbocycles. The summed E-state index contributed by atoms with van der Waals surface area (Å²) in [5.74, 6) is 0.638. The number of methoxy groups -OCH3 is 2. The number of carbonyl (C=O) groups is 2. The van der Waals surface area contributed by atoms with Crippen LogP contribution >= 0.6 is 11.6 Å². The molecule has 0 fully saturated rings. The van der Waals surface area contributed by atoms with Crippen molar-refractivity contribution in [3.63, 3.8) is 0 Å². The van der Waals surface area contributed by atoms with E-state index in [1.54, 1.807) is 17.0 Å². The third kappa shape index (κ3) is 4.55. The number of Topliss-reactive ketones (excluding diaryl/α,β-unsaturated/α-hetero) is 1. The number of amides is 1. The lowest BCUT2D eigenvalue weighted by atomic mass is 9.70. The number of ether oxygens (including phenoxy) is 2. The lowest BCUT2D eigenvalue weighted by molar-refractivity contribution is -0.121. The van der Waals surface area contributed by atoms with Crippen molar-refractivity contribution < 1.29 is 19.1 Å². The van der Waals surface area contributed by atoms with Crippen LogP contribution < -0.4 is 14.4 Å². The Morgan fingerprint density at radius 3 is 2.39 bits per heavy atom. The molecule has 0 saturated heterocycles. The zero-order chi connectivity index (χ0) is 23.8. The molecule has 0 bridgehead atoms. The van der Waals surface area contributed by atoms with E-state index < -0.39 is 0 Å². The number of hydrogen-bond acceptors (Lipinski definition) is 4. The average molecular weight is 466 g/mol. The van der Waals surface area contributed by atoms with Gasteiger partial charge in [-0.3, -0.25) is 14.5 Å². The van der Waals surface area contributed by atoms with Gasteiger partial charge in [-0.25, -0.2) is 0 Å². The van der Waals surface area contributed by atoms with E-state index in [-0.39, 0.29) is 29.4 Å². The normalized spacial score (nSPS) is 20.3. The van der Waals surface area contributed by atoms with Gasteiger partial charge in [0.05, 0.1) is 24.9 Å². The minimum absolute atomic E-state index is 0.0834. The highest BCUT2D eigenvalue weighted by Gasteiger charge is 2.44. The van der Waals surface area contributed by atoms with Crippen molar-refractivity contribution in [3.8, 4) is 11.5 Å². The maximum atomic E-state index is 13.5. The van der Waals surface area contributed by atoms with Gasteiger partial charge in [-0.05, 0) is 23.5 Å². The van der Waals surface area contributed by atoms with Gasteiger partial charge < -0.3 is 9.47 Å². The molecule has 2 aromatic rings. The molecule has 0 radical (unpaired) electrons. The molecule has 1 amide bonds. The zero-order valence-electron chi connectivity index (χ0n) is 19.4. The number of allylic oxidation sites excluding steroid dienone is 3. The second kappa shape index (κ2) is 9.06. The van der Waals surface area contributed by atoms with Crippen LogP contribution in [0.3, 0.4) is 0 Å². The lowest BCUT2D eigenvalue weighted by Gasteiger charge is -2.42. The molecular formula is C27H28ClNO4. The zero-order valence-corrected chi connectivity index (χ0v) is 20.1. The molecule has 0 spiro atoms. The molecule has 1 atom stereocenters. The van der Waals surface area contributed by atoms with Crippen molar-refractivity contribution in [2.75, 3.05) is 19.1 Å². The van der Waals surface area contributed by atoms with Crippen LogP contribution in [-0.4, -0.2) is 25.9 Å². The second-order valence-electron chi connectivity index (χ2n) is 9.27. The summed E-state index contributed by atoms with van der Waals surface area (Å²) in [6.45, 7) is 4.11. The van der Waals surface area contributed by atoms with Crippen molar-refractivity contribution in [2.24, 2.45) is 11.3 Å². The van der Waals surface area contributed by atoms with Gasteiger partial charge in [0.2, 0.25) is 5.91 Å². The van der Waals surface area contributed by atoms with E-state index in [0.29, 0.717) is 40.6 Å². The molecule has 0 N–H and O–H groups in total. The molecule has 1 aliphatic carbocycles. The monoisotopic (exact) mass is 465 g/mol. The first kappa shape index (κ1) is 23.1. The van der Waals surface area contributed by atoms with E-state index in [2.05, 4.69) is 13.8 Å². The second-order valence-corrected chi connectivity index (χ2v) is 9.68. The van der Waals surface area contributed by atoms with Crippen LogP contribution in [0.4, 0.5) is 5.69 Å². The van der Waals surface area contributed by atoms with E-state index in [0.717, 1.165) is 11.3 Å². The van der Waals surface area contributed by atoms with Gasteiger partial charge in [-0.2, -0.15) is 0 Å². The molecule has 4 rings (SSSR count). The van der Waals surface area contributed by atoms with E-state index in [1.807, 2.05) is 42.5 Å². The lowest BCUT2D eigenvalue weighted by Crippen LogP contribution is -2.44. The predicted octanol–water partition coefficient (Wildman–Crippen LogP) is 6.07. The van der Waals surface area contributed by atoms with Crippen LogP contribution in [0, 0.1) is 11.3 Å². The van der Waals surface area contributed by atoms with Gasteiger partial charge in [0.15, 0.2) is 5.78 Å². The number of nitrogens with zero attached hydrogens (tertiary/aromatic N) is 1. The Bertz CT molecular complexity index is 1150. The van der Waals surface area contributed by atoms with Crippen LogP contribution in [0.1, 0.15) is 38.7 Å². The molecule has 0 aromatic heterocycles. The minimum Gasteiger partial charge on any atom is -0.495 e. The number of hydrogen-bond donors (Lipinski definition) is 0. The van der Waals surface area contributed by atoms with Crippen molar-refractivity contribution in [3.05, 3.63) is 70.4 Å². The molecule has 2 aliphatic rings. The van der Waals surface area contributed by atoms with Gasteiger partial charge in [-0.1, -0.05) is 67.9 Å². The van der Waals surface area contributed by atoms with Crippen LogP contribution in [0.25, 0.3) is 6.08 Å². The van der Waals surface area contributed by atoms with E-state index in [9.17, 15) is 9.59 Å². The van der Waals surface area contributed by atoms with E-state index in [1.165, 1.54) is 14.2 Å². The van der Waals surface area contributed by atoms with Gasteiger partial charge in [-0.15, -0.1) is 0 Å².